The Morgan fingerprint density at radius 3 is 2.84 bits per heavy atom. The van der Waals surface area contributed by atoms with Crippen LogP contribution in [0.3, 0.4) is 0 Å². The molecule has 4 nitrogen and oxygen atoms in total. The summed E-state index contributed by atoms with van der Waals surface area (Å²) in [4.78, 5) is 18.4. The summed E-state index contributed by atoms with van der Waals surface area (Å²) in [5.41, 5.74) is 6.68. The number of nitrogens with zero attached hydrogens (tertiary/aromatic N) is 2. The lowest BCUT2D eigenvalue weighted by atomic mass is 9.85. The van der Waals surface area contributed by atoms with Crippen LogP contribution in [0.1, 0.15) is 37.6 Å². The predicted molar refractivity (Wildman–Crippen MR) is 77.1 cm³/mol. The third-order valence-corrected chi connectivity index (χ3v) is 4.20. The van der Waals surface area contributed by atoms with Crippen LogP contribution in [0.4, 0.5) is 5.69 Å². The van der Waals surface area contributed by atoms with Gasteiger partial charge in [-0.05, 0) is 31.2 Å². The lowest BCUT2D eigenvalue weighted by Gasteiger charge is -2.41. The predicted octanol–water partition coefficient (Wildman–Crippen LogP) is 2.82. The van der Waals surface area contributed by atoms with Crippen molar-refractivity contribution in [1.29, 1.82) is 0 Å². The van der Waals surface area contributed by atoms with E-state index in [-0.39, 0.29) is 11.9 Å². The van der Waals surface area contributed by atoms with Gasteiger partial charge >= 0.3 is 0 Å². The van der Waals surface area contributed by atoms with Gasteiger partial charge in [-0.15, -0.1) is 0 Å². The number of piperidine rings is 1. The first-order valence-corrected chi connectivity index (χ1v) is 7.00. The fourth-order valence-corrected chi connectivity index (χ4v) is 2.92. The zero-order chi connectivity index (χ0) is 14.2. The van der Waals surface area contributed by atoms with E-state index in [1.165, 1.54) is 6.20 Å². The van der Waals surface area contributed by atoms with Crippen LogP contribution in [0.25, 0.3) is 0 Å². The van der Waals surface area contributed by atoms with Gasteiger partial charge in [-0.2, -0.15) is 0 Å². The smallest absolute Gasteiger partial charge is 0.256 e. The van der Waals surface area contributed by atoms with Crippen molar-refractivity contribution in [1.82, 2.24) is 9.88 Å². The zero-order valence-corrected chi connectivity index (χ0v) is 12.3. The molecule has 2 heterocycles. The topological polar surface area (TPSA) is 59.2 Å². The Morgan fingerprint density at radius 2 is 2.16 bits per heavy atom. The molecule has 2 rings (SSSR count). The van der Waals surface area contributed by atoms with Crippen LogP contribution in [0.2, 0.25) is 5.15 Å². The minimum absolute atomic E-state index is 0.0484. The van der Waals surface area contributed by atoms with E-state index in [0.29, 0.717) is 28.2 Å². The number of pyridine rings is 1. The lowest BCUT2D eigenvalue weighted by Crippen LogP contribution is -2.49. The number of rotatable bonds is 1. The van der Waals surface area contributed by atoms with Crippen molar-refractivity contribution in [2.75, 3.05) is 12.3 Å². The van der Waals surface area contributed by atoms with E-state index < -0.39 is 0 Å². The van der Waals surface area contributed by atoms with E-state index >= 15 is 0 Å². The highest BCUT2D eigenvalue weighted by Gasteiger charge is 2.33. The van der Waals surface area contributed by atoms with Crippen molar-refractivity contribution >= 4 is 23.2 Å². The van der Waals surface area contributed by atoms with Crippen LogP contribution in [0, 0.1) is 11.8 Å². The first-order chi connectivity index (χ1) is 8.90. The summed E-state index contributed by atoms with van der Waals surface area (Å²) in [7, 11) is 0. The molecule has 1 aliphatic heterocycles. The number of carbonyl (C=O) groups is 1. The van der Waals surface area contributed by atoms with Crippen LogP contribution in [0.5, 0.6) is 0 Å². The number of halogens is 1. The van der Waals surface area contributed by atoms with Gasteiger partial charge in [0.25, 0.3) is 5.91 Å². The Kier molecular flexibility index (Phi) is 3.99. The SMILES string of the molecule is CC1CC(C)C(C)N(C(=O)c2cc(Cl)ncc2N)C1. The summed E-state index contributed by atoms with van der Waals surface area (Å²) in [6.07, 6.45) is 2.59. The normalized spacial score (nSPS) is 27.4. The Balaban J connectivity index is 2.30. The molecule has 1 aliphatic rings. The highest BCUT2D eigenvalue weighted by Crippen LogP contribution is 2.29. The van der Waals surface area contributed by atoms with Gasteiger partial charge < -0.3 is 10.6 Å². The van der Waals surface area contributed by atoms with Gasteiger partial charge in [0.05, 0.1) is 17.4 Å². The first-order valence-electron chi connectivity index (χ1n) is 6.62. The molecule has 19 heavy (non-hydrogen) atoms. The van der Waals surface area contributed by atoms with E-state index in [4.69, 9.17) is 17.3 Å². The third-order valence-electron chi connectivity index (χ3n) is 3.99. The van der Waals surface area contributed by atoms with Crippen LogP contribution in [-0.4, -0.2) is 28.4 Å². The highest BCUT2D eigenvalue weighted by molar-refractivity contribution is 6.29. The van der Waals surface area contributed by atoms with E-state index in [1.54, 1.807) is 6.07 Å². The average molecular weight is 282 g/mol. The summed E-state index contributed by atoms with van der Waals surface area (Å²) in [5.74, 6) is 0.951. The lowest BCUT2D eigenvalue weighted by molar-refractivity contribution is 0.0456. The largest absolute Gasteiger partial charge is 0.397 e. The molecule has 3 atom stereocenters. The zero-order valence-electron chi connectivity index (χ0n) is 11.6. The molecule has 1 aromatic heterocycles. The average Bonchev–Trinajstić information content (AvgIpc) is 2.36. The molecule has 0 saturated carbocycles. The maximum absolute atomic E-state index is 12.6. The summed E-state index contributed by atoms with van der Waals surface area (Å²) in [5, 5.41) is 0.295. The summed E-state index contributed by atoms with van der Waals surface area (Å²) >= 11 is 5.86. The van der Waals surface area contributed by atoms with E-state index in [9.17, 15) is 4.79 Å². The van der Waals surface area contributed by atoms with Crippen LogP contribution in [0.15, 0.2) is 12.3 Å². The van der Waals surface area contributed by atoms with Crippen LogP contribution >= 0.6 is 11.6 Å². The summed E-state index contributed by atoms with van der Waals surface area (Å²) in [6.45, 7) is 7.21. The molecule has 5 heteroatoms. The fraction of sp³-hybridized carbons (Fsp3) is 0.571. The fourth-order valence-electron chi connectivity index (χ4n) is 2.76. The monoisotopic (exact) mass is 281 g/mol. The molecule has 0 bridgehead atoms. The number of amides is 1. The Bertz CT molecular complexity index is 492. The van der Waals surface area contributed by atoms with Gasteiger partial charge in [0, 0.05) is 12.6 Å². The minimum Gasteiger partial charge on any atom is -0.397 e. The molecule has 1 amide bonds. The molecule has 1 fully saturated rings. The Labute approximate surface area is 118 Å². The number of carbonyl (C=O) groups excluding carboxylic acids is 1. The molecule has 0 spiro atoms. The first kappa shape index (κ1) is 14.1. The molecule has 1 saturated heterocycles. The van der Waals surface area contributed by atoms with Gasteiger partial charge in [-0.1, -0.05) is 25.4 Å². The van der Waals surface area contributed by atoms with Gasteiger partial charge in [-0.25, -0.2) is 4.98 Å². The maximum Gasteiger partial charge on any atom is 0.256 e. The van der Waals surface area contributed by atoms with Gasteiger partial charge in [0.2, 0.25) is 0 Å². The minimum atomic E-state index is -0.0484. The van der Waals surface area contributed by atoms with Crippen molar-refractivity contribution in [3.8, 4) is 0 Å². The summed E-state index contributed by atoms with van der Waals surface area (Å²) in [6, 6.07) is 1.77. The number of aromatic nitrogens is 1. The van der Waals surface area contributed by atoms with Gasteiger partial charge in [0.15, 0.2) is 0 Å². The molecule has 0 aromatic carbocycles. The van der Waals surface area contributed by atoms with Gasteiger partial charge in [-0.3, -0.25) is 4.79 Å². The molecule has 2 N–H and O–H groups in total. The van der Waals surface area contributed by atoms with Crippen molar-refractivity contribution in [2.45, 2.75) is 33.2 Å². The third kappa shape index (κ3) is 2.84. The molecule has 0 radical (unpaired) electrons. The standard InChI is InChI=1S/C14H20ClN3O/c1-8-4-9(2)10(3)18(7-8)14(19)11-5-13(15)17-6-12(11)16/h5-6,8-10H,4,7,16H2,1-3H3. The number of likely N-dealkylation sites (tertiary alicyclic amines) is 1. The number of hydrogen-bond donors (Lipinski definition) is 1. The van der Waals surface area contributed by atoms with E-state index in [0.717, 1.165) is 13.0 Å². The Morgan fingerprint density at radius 1 is 1.47 bits per heavy atom. The van der Waals surface area contributed by atoms with E-state index in [1.807, 2.05) is 4.90 Å². The molecular weight excluding hydrogens is 262 g/mol. The van der Waals surface area contributed by atoms with Crippen molar-refractivity contribution < 1.29 is 4.79 Å². The summed E-state index contributed by atoms with van der Waals surface area (Å²) < 4.78 is 0. The van der Waals surface area contributed by atoms with Crippen molar-refractivity contribution in [3.05, 3.63) is 23.0 Å². The number of hydrogen-bond acceptors (Lipinski definition) is 3. The second-order valence-corrected chi connectivity index (χ2v) is 6.00. The number of nitrogens with two attached hydrogens (primary N) is 1. The Hall–Kier alpha value is -1.29. The number of anilines is 1. The second kappa shape index (κ2) is 5.37. The molecule has 1 aromatic rings. The molecule has 104 valence electrons. The van der Waals surface area contributed by atoms with Gasteiger partial charge in [0.1, 0.15) is 5.15 Å². The molecule has 3 unspecified atom stereocenters. The van der Waals surface area contributed by atoms with Crippen molar-refractivity contribution in [3.63, 3.8) is 0 Å². The van der Waals surface area contributed by atoms with Crippen LogP contribution in [-0.2, 0) is 0 Å². The molecule has 0 aliphatic carbocycles. The van der Waals surface area contributed by atoms with Crippen LogP contribution < -0.4 is 5.73 Å². The quantitative estimate of drug-likeness (QED) is 0.805. The highest BCUT2D eigenvalue weighted by atomic mass is 35.5. The molecular formula is C14H20ClN3O. The second-order valence-electron chi connectivity index (χ2n) is 5.61. The van der Waals surface area contributed by atoms with Crippen molar-refractivity contribution in [2.24, 2.45) is 11.8 Å². The number of nitrogen functional groups attached to an aromatic ring is 1. The van der Waals surface area contributed by atoms with E-state index in [2.05, 4.69) is 25.8 Å². The maximum atomic E-state index is 12.6.